The van der Waals surface area contributed by atoms with Crippen molar-refractivity contribution in [3.63, 3.8) is 0 Å². The molecule has 0 aliphatic carbocycles. The fraction of sp³-hybridized carbons (Fsp3) is 1.00. The summed E-state index contributed by atoms with van der Waals surface area (Å²) in [6.45, 7) is 11.0. The van der Waals surface area contributed by atoms with Crippen molar-refractivity contribution in [2.75, 3.05) is 33.4 Å². The van der Waals surface area contributed by atoms with Gasteiger partial charge in [0, 0.05) is 25.2 Å². The average molecular weight is 214 g/mol. The normalized spacial score (nSPS) is 23.2. The first-order chi connectivity index (χ1) is 7.10. The van der Waals surface area contributed by atoms with E-state index >= 15 is 0 Å². The maximum atomic E-state index is 5.25. The molecular weight excluding hydrogens is 188 g/mol. The number of rotatable bonds is 6. The van der Waals surface area contributed by atoms with Crippen molar-refractivity contribution in [1.82, 2.24) is 10.2 Å². The quantitative estimate of drug-likeness (QED) is 0.725. The first-order valence-electron chi connectivity index (χ1n) is 6.07. The predicted molar refractivity (Wildman–Crippen MR) is 64.2 cm³/mol. The van der Waals surface area contributed by atoms with Crippen LogP contribution in [0.3, 0.4) is 0 Å². The lowest BCUT2D eigenvalue weighted by Crippen LogP contribution is -2.48. The summed E-state index contributed by atoms with van der Waals surface area (Å²) in [4.78, 5) is 2.58. The third kappa shape index (κ3) is 3.74. The summed E-state index contributed by atoms with van der Waals surface area (Å²) < 4.78 is 5.25. The van der Waals surface area contributed by atoms with E-state index in [-0.39, 0.29) is 0 Å². The molecular formula is C12H26N2O. The highest BCUT2D eigenvalue weighted by molar-refractivity contribution is 4.89. The second kappa shape index (κ2) is 5.83. The molecule has 0 spiro atoms. The van der Waals surface area contributed by atoms with Crippen molar-refractivity contribution in [2.24, 2.45) is 0 Å². The molecule has 0 radical (unpaired) electrons. The van der Waals surface area contributed by atoms with E-state index < -0.39 is 0 Å². The molecule has 3 nitrogen and oxygen atoms in total. The molecule has 1 N–H and O–H groups in total. The zero-order chi connectivity index (χ0) is 11.3. The van der Waals surface area contributed by atoms with Crippen LogP contribution in [0.5, 0.6) is 0 Å². The Kier molecular flexibility index (Phi) is 5.03. The Labute approximate surface area is 94.2 Å². The predicted octanol–water partition coefficient (Wildman–Crippen LogP) is 1.49. The van der Waals surface area contributed by atoms with E-state index in [1.165, 1.54) is 19.4 Å². The zero-order valence-electron chi connectivity index (χ0n) is 10.7. The Morgan fingerprint density at radius 2 is 2.20 bits per heavy atom. The van der Waals surface area contributed by atoms with Gasteiger partial charge in [0.2, 0.25) is 0 Å². The number of likely N-dealkylation sites (tertiary alicyclic amines) is 1. The summed E-state index contributed by atoms with van der Waals surface area (Å²) in [5, 5.41) is 3.48. The van der Waals surface area contributed by atoms with Crippen LogP contribution in [0.15, 0.2) is 0 Å². The van der Waals surface area contributed by atoms with Crippen molar-refractivity contribution in [1.29, 1.82) is 0 Å². The minimum absolute atomic E-state index is 0.376. The molecule has 0 aromatic heterocycles. The molecule has 0 saturated carbocycles. The van der Waals surface area contributed by atoms with Crippen molar-refractivity contribution < 1.29 is 4.74 Å². The summed E-state index contributed by atoms with van der Waals surface area (Å²) in [7, 11) is 1.78. The number of ether oxygens (including phenoxy) is 1. The number of nitrogens with zero attached hydrogens (tertiary/aromatic N) is 1. The lowest BCUT2D eigenvalue weighted by molar-refractivity contribution is 0.110. The van der Waals surface area contributed by atoms with E-state index in [0.717, 1.165) is 19.7 Å². The summed E-state index contributed by atoms with van der Waals surface area (Å²) >= 11 is 0. The highest BCUT2D eigenvalue weighted by Crippen LogP contribution is 2.27. The molecule has 0 bridgehead atoms. The average Bonchev–Trinajstić information content (AvgIpc) is 2.47. The van der Waals surface area contributed by atoms with E-state index in [0.29, 0.717) is 11.6 Å². The number of hydrogen-bond acceptors (Lipinski definition) is 3. The summed E-state index contributed by atoms with van der Waals surface area (Å²) in [6, 6.07) is 0.470. The standard InChI is InChI=1S/C12H26N2O/c1-5-13-11(10-15-4)9-14-8-6-7-12(14,2)3/h11,13H,5-10H2,1-4H3. The highest BCUT2D eigenvalue weighted by Gasteiger charge is 2.32. The van der Waals surface area contributed by atoms with Crippen molar-refractivity contribution in [3.05, 3.63) is 0 Å². The SMILES string of the molecule is CCNC(COC)CN1CCCC1(C)C. The lowest BCUT2D eigenvalue weighted by atomic mass is 10.0. The minimum atomic E-state index is 0.376. The first kappa shape index (κ1) is 12.9. The van der Waals surface area contributed by atoms with Crippen LogP contribution in [-0.2, 0) is 4.74 Å². The molecule has 1 saturated heterocycles. The van der Waals surface area contributed by atoms with Gasteiger partial charge < -0.3 is 10.1 Å². The Hall–Kier alpha value is -0.120. The van der Waals surface area contributed by atoms with Gasteiger partial charge in [-0.2, -0.15) is 0 Å². The third-order valence-corrected chi connectivity index (χ3v) is 3.37. The van der Waals surface area contributed by atoms with Gasteiger partial charge in [0.15, 0.2) is 0 Å². The fourth-order valence-electron chi connectivity index (χ4n) is 2.43. The Morgan fingerprint density at radius 3 is 2.67 bits per heavy atom. The molecule has 90 valence electrons. The van der Waals surface area contributed by atoms with E-state index in [1.54, 1.807) is 7.11 Å². The van der Waals surface area contributed by atoms with Gasteiger partial charge in [-0.3, -0.25) is 4.90 Å². The summed E-state index contributed by atoms with van der Waals surface area (Å²) in [5.74, 6) is 0. The van der Waals surface area contributed by atoms with Gasteiger partial charge >= 0.3 is 0 Å². The molecule has 1 atom stereocenters. The molecule has 3 heteroatoms. The number of methoxy groups -OCH3 is 1. The van der Waals surface area contributed by atoms with Gasteiger partial charge in [0.25, 0.3) is 0 Å². The summed E-state index contributed by atoms with van der Waals surface area (Å²) in [5.41, 5.74) is 0.376. The van der Waals surface area contributed by atoms with Gasteiger partial charge in [-0.05, 0) is 39.8 Å². The molecule has 0 amide bonds. The number of nitrogens with one attached hydrogen (secondary N) is 1. The topological polar surface area (TPSA) is 24.5 Å². The monoisotopic (exact) mass is 214 g/mol. The Bertz CT molecular complexity index is 176. The first-order valence-corrected chi connectivity index (χ1v) is 6.07. The van der Waals surface area contributed by atoms with Gasteiger partial charge in [-0.15, -0.1) is 0 Å². The highest BCUT2D eigenvalue weighted by atomic mass is 16.5. The number of hydrogen-bond donors (Lipinski definition) is 1. The molecule has 1 aliphatic heterocycles. The maximum Gasteiger partial charge on any atom is 0.0628 e. The molecule has 15 heavy (non-hydrogen) atoms. The minimum Gasteiger partial charge on any atom is -0.383 e. The molecule has 0 aromatic rings. The van der Waals surface area contributed by atoms with Crippen LogP contribution in [0.4, 0.5) is 0 Å². The second-order valence-corrected chi connectivity index (χ2v) is 5.07. The summed E-state index contributed by atoms with van der Waals surface area (Å²) in [6.07, 6.45) is 2.65. The van der Waals surface area contributed by atoms with E-state index in [9.17, 15) is 0 Å². The second-order valence-electron chi connectivity index (χ2n) is 5.07. The molecule has 1 aliphatic rings. The van der Waals surface area contributed by atoms with Crippen molar-refractivity contribution in [2.45, 2.75) is 45.2 Å². The molecule has 1 rings (SSSR count). The smallest absolute Gasteiger partial charge is 0.0628 e. The molecule has 1 fully saturated rings. The van der Waals surface area contributed by atoms with E-state index in [4.69, 9.17) is 4.74 Å². The van der Waals surface area contributed by atoms with Gasteiger partial charge in [-0.1, -0.05) is 6.92 Å². The van der Waals surface area contributed by atoms with E-state index in [2.05, 4.69) is 31.0 Å². The maximum absolute atomic E-state index is 5.25. The van der Waals surface area contributed by atoms with Crippen LogP contribution >= 0.6 is 0 Å². The van der Waals surface area contributed by atoms with Gasteiger partial charge in [-0.25, -0.2) is 0 Å². The lowest BCUT2D eigenvalue weighted by Gasteiger charge is -2.34. The van der Waals surface area contributed by atoms with Crippen LogP contribution in [-0.4, -0.2) is 49.8 Å². The van der Waals surface area contributed by atoms with E-state index in [1.807, 2.05) is 0 Å². The van der Waals surface area contributed by atoms with Crippen LogP contribution in [0.2, 0.25) is 0 Å². The van der Waals surface area contributed by atoms with Gasteiger partial charge in [0.1, 0.15) is 0 Å². The van der Waals surface area contributed by atoms with Crippen molar-refractivity contribution >= 4 is 0 Å². The van der Waals surface area contributed by atoms with Crippen LogP contribution < -0.4 is 5.32 Å². The molecule has 1 heterocycles. The Balaban J connectivity index is 2.42. The fourth-order valence-corrected chi connectivity index (χ4v) is 2.43. The van der Waals surface area contributed by atoms with Crippen LogP contribution in [0.1, 0.15) is 33.6 Å². The molecule has 0 aromatic carbocycles. The largest absolute Gasteiger partial charge is 0.383 e. The van der Waals surface area contributed by atoms with Gasteiger partial charge in [0.05, 0.1) is 6.61 Å². The van der Waals surface area contributed by atoms with Crippen molar-refractivity contribution in [3.8, 4) is 0 Å². The number of likely N-dealkylation sites (N-methyl/N-ethyl adjacent to an activating group) is 1. The third-order valence-electron chi connectivity index (χ3n) is 3.37. The zero-order valence-corrected chi connectivity index (χ0v) is 10.7. The molecule has 1 unspecified atom stereocenters. The van der Waals surface area contributed by atoms with Crippen LogP contribution in [0, 0.1) is 0 Å². The van der Waals surface area contributed by atoms with Crippen LogP contribution in [0.25, 0.3) is 0 Å². The Morgan fingerprint density at radius 1 is 1.47 bits per heavy atom.